The summed E-state index contributed by atoms with van der Waals surface area (Å²) in [6, 6.07) is 67.5. The van der Waals surface area contributed by atoms with Gasteiger partial charge < -0.3 is 0 Å². The van der Waals surface area contributed by atoms with Gasteiger partial charge in [0.15, 0.2) is 17.5 Å². The third-order valence-electron chi connectivity index (χ3n) is 11.3. The molecule has 58 heavy (non-hydrogen) atoms. The van der Waals surface area contributed by atoms with Crippen molar-refractivity contribution in [1.82, 2.24) is 15.0 Å². The van der Waals surface area contributed by atoms with Crippen LogP contribution in [0.4, 0.5) is 0 Å². The Hall–Kier alpha value is -7.05. The molecule has 3 heterocycles. The van der Waals surface area contributed by atoms with Gasteiger partial charge in [0.2, 0.25) is 0 Å². The zero-order chi connectivity index (χ0) is 38.2. The molecular formula is C53H31N3S2. The molecule has 0 amide bonds. The van der Waals surface area contributed by atoms with E-state index in [9.17, 15) is 0 Å². The van der Waals surface area contributed by atoms with Crippen LogP contribution in [0.5, 0.6) is 0 Å². The highest BCUT2D eigenvalue weighted by molar-refractivity contribution is 7.26. The summed E-state index contributed by atoms with van der Waals surface area (Å²) in [7, 11) is 0. The maximum Gasteiger partial charge on any atom is 0.165 e. The number of thiophene rings is 2. The largest absolute Gasteiger partial charge is 0.208 e. The molecule has 12 rings (SSSR count). The molecule has 0 saturated carbocycles. The third-order valence-corrected chi connectivity index (χ3v) is 13.7. The van der Waals surface area contributed by atoms with Gasteiger partial charge >= 0.3 is 0 Å². The van der Waals surface area contributed by atoms with Crippen LogP contribution >= 0.6 is 22.7 Å². The molecule has 12 aromatic rings. The maximum absolute atomic E-state index is 5.23. The lowest BCUT2D eigenvalue weighted by Crippen LogP contribution is -2.00. The number of hydrogen-bond donors (Lipinski definition) is 0. The molecule has 0 unspecified atom stereocenters. The number of fused-ring (bicyclic) bond motifs is 9. The highest BCUT2D eigenvalue weighted by Crippen LogP contribution is 2.44. The van der Waals surface area contributed by atoms with Crippen molar-refractivity contribution in [2.45, 2.75) is 0 Å². The van der Waals surface area contributed by atoms with Crippen LogP contribution in [0.25, 0.3) is 118 Å². The molecule has 0 saturated heterocycles. The van der Waals surface area contributed by atoms with Gasteiger partial charge in [0, 0.05) is 57.0 Å². The van der Waals surface area contributed by atoms with Crippen molar-refractivity contribution in [3.05, 3.63) is 188 Å². The van der Waals surface area contributed by atoms with Crippen LogP contribution in [0.3, 0.4) is 0 Å². The highest BCUT2D eigenvalue weighted by atomic mass is 32.1. The fourth-order valence-electron chi connectivity index (χ4n) is 8.62. The minimum atomic E-state index is 0.650. The highest BCUT2D eigenvalue weighted by Gasteiger charge is 2.19. The molecule has 270 valence electrons. The van der Waals surface area contributed by atoms with E-state index in [0.717, 1.165) is 22.3 Å². The van der Waals surface area contributed by atoms with Crippen molar-refractivity contribution < 1.29 is 0 Å². The van der Waals surface area contributed by atoms with Crippen molar-refractivity contribution in [3.63, 3.8) is 0 Å². The first kappa shape index (κ1) is 33.1. The Morgan fingerprint density at radius 1 is 0.293 bits per heavy atom. The number of hydrogen-bond acceptors (Lipinski definition) is 5. The predicted octanol–water partition coefficient (Wildman–Crippen LogP) is 15.2. The molecule has 0 aliphatic heterocycles. The summed E-state index contributed by atoms with van der Waals surface area (Å²) in [6.45, 7) is 0. The summed E-state index contributed by atoms with van der Waals surface area (Å²) in [6.07, 6.45) is 0. The number of nitrogens with zero attached hydrogens (tertiary/aromatic N) is 3. The molecule has 0 N–H and O–H groups in total. The van der Waals surface area contributed by atoms with E-state index in [1.165, 1.54) is 78.6 Å². The average molecular weight is 774 g/mol. The molecular weight excluding hydrogens is 743 g/mol. The van der Waals surface area contributed by atoms with Gasteiger partial charge in [0.25, 0.3) is 0 Å². The predicted molar refractivity (Wildman–Crippen MR) is 248 cm³/mol. The molecule has 0 spiro atoms. The summed E-state index contributed by atoms with van der Waals surface area (Å²) >= 11 is 3.64. The van der Waals surface area contributed by atoms with Gasteiger partial charge in [0.05, 0.1) is 0 Å². The van der Waals surface area contributed by atoms with Gasteiger partial charge in [-0.2, -0.15) is 0 Å². The molecule has 3 nitrogen and oxygen atoms in total. The normalized spacial score (nSPS) is 11.8. The van der Waals surface area contributed by atoms with Crippen molar-refractivity contribution >= 4 is 84.6 Å². The van der Waals surface area contributed by atoms with Crippen molar-refractivity contribution in [3.8, 4) is 56.4 Å². The van der Waals surface area contributed by atoms with Gasteiger partial charge in [-0.15, -0.1) is 22.7 Å². The Kier molecular flexibility index (Phi) is 7.58. The SMILES string of the molecule is c1ccc(-c2nc(-c3cccc(-c4cccc5sc6ccc(-c7cc8ccccc8c8ccccc78)cc6c45)c3)nc(-c3cccc4c3sc3ccccc34)n2)cc1. The van der Waals surface area contributed by atoms with Crippen LogP contribution in [0.15, 0.2) is 188 Å². The van der Waals surface area contributed by atoms with E-state index >= 15 is 0 Å². The van der Waals surface area contributed by atoms with Crippen LogP contribution in [0, 0.1) is 0 Å². The summed E-state index contributed by atoms with van der Waals surface area (Å²) < 4.78 is 4.98. The second-order valence-corrected chi connectivity index (χ2v) is 16.9. The molecule has 0 bridgehead atoms. The Balaban J connectivity index is 1.03. The quantitative estimate of drug-likeness (QED) is 0.164. The third kappa shape index (κ3) is 5.36. The molecule has 0 aliphatic carbocycles. The lowest BCUT2D eigenvalue weighted by Gasteiger charge is -2.12. The zero-order valence-corrected chi connectivity index (χ0v) is 32.7. The second kappa shape index (κ2) is 13.3. The van der Waals surface area contributed by atoms with E-state index in [-0.39, 0.29) is 0 Å². The molecule has 0 radical (unpaired) electrons. The van der Waals surface area contributed by atoms with E-state index in [2.05, 4.69) is 170 Å². The van der Waals surface area contributed by atoms with Crippen molar-refractivity contribution in [1.29, 1.82) is 0 Å². The molecule has 0 aliphatic rings. The Morgan fingerprint density at radius 2 is 0.897 bits per heavy atom. The molecule has 9 aromatic carbocycles. The lowest BCUT2D eigenvalue weighted by molar-refractivity contribution is 1.08. The fourth-order valence-corrected chi connectivity index (χ4v) is 10.9. The minimum Gasteiger partial charge on any atom is -0.208 e. The summed E-state index contributed by atoms with van der Waals surface area (Å²) in [5, 5.41) is 10.1. The number of benzene rings is 9. The first-order chi connectivity index (χ1) is 28.7. The van der Waals surface area contributed by atoms with Gasteiger partial charge in [-0.25, -0.2) is 15.0 Å². The standard InChI is InChI=1S/C53H31N3S2/c1-2-13-32(14-3-1)51-54-52(56-53(55-51)43-24-11-23-42-41-21-8-9-25-46(41)58-50(42)43)36-17-10-16-33(29-36)38-22-12-26-48-49(38)45-31-35(27-28-47(45)57-48)44-30-34-15-4-5-18-37(34)39-19-6-7-20-40(39)44/h1-31H. The van der Waals surface area contributed by atoms with Crippen molar-refractivity contribution in [2.75, 3.05) is 0 Å². The maximum atomic E-state index is 5.23. The Bertz CT molecular complexity index is 3580. The Morgan fingerprint density at radius 3 is 1.79 bits per heavy atom. The van der Waals surface area contributed by atoms with Gasteiger partial charge in [-0.3, -0.25) is 0 Å². The van der Waals surface area contributed by atoms with Crippen LogP contribution < -0.4 is 0 Å². The number of rotatable bonds is 5. The minimum absolute atomic E-state index is 0.650. The van der Waals surface area contributed by atoms with Crippen LogP contribution in [-0.4, -0.2) is 15.0 Å². The summed E-state index contributed by atoms with van der Waals surface area (Å²) in [5.41, 5.74) is 7.70. The second-order valence-electron chi connectivity index (χ2n) is 14.7. The lowest BCUT2D eigenvalue weighted by atomic mass is 9.92. The van der Waals surface area contributed by atoms with E-state index in [0.29, 0.717) is 17.5 Å². The monoisotopic (exact) mass is 773 g/mol. The van der Waals surface area contributed by atoms with E-state index in [1.54, 1.807) is 11.3 Å². The van der Waals surface area contributed by atoms with Gasteiger partial charge in [-0.1, -0.05) is 146 Å². The zero-order valence-electron chi connectivity index (χ0n) is 31.1. The fraction of sp³-hybridized carbons (Fsp3) is 0. The summed E-state index contributed by atoms with van der Waals surface area (Å²) in [5.74, 6) is 1.98. The molecule has 5 heteroatoms. The molecule has 3 aromatic heterocycles. The number of aromatic nitrogens is 3. The molecule has 0 fully saturated rings. The van der Waals surface area contributed by atoms with E-state index in [1.807, 2.05) is 29.5 Å². The van der Waals surface area contributed by atoms with Crippen molar-refractivity contribution in [2.24, 2.45) is 0 Å². The van der Waals surface area contributed by atoms with E-state index in [4.69, 9.17) is 15.0 Å². The van der Waals surface area contributed by atoms with Crippen LogP contribution in [-0.2, 0) is 0 Å². The van der Waals surface area contributed by atoms with Crippen LogP contribution in [0.2, 0.25) is 0 Å². The van der Waals surface area contributed by atoms with Crippen LogP contribution in [0.1, 0.15) is 0 Å². The smallest absolute Gasteiger partial charge is 0.165 e. The Labute approximate surface area is 342 Å². The first-order valence-electron chi connectivity index (χ1n) is 19.4. The van der Waals surface area contributed by atoms with E-state index < -0.39 is 0 Å². The van der Waals surface area contributed by atoms with Gasteiger partial charge in [-0.05, 0) is 86.3 Å². The average Bonchev–Trinajstić information content (AvgIpc) is 3.87. The molecule has 0 atom stereocenters. The summed E-state index contributed by atoms with van der Waals surface area (Å²) in [4.78, 5) is 15.5. The topological polar surface area (TPSA) is 38.7 Å². The van der Waals surface area contributed by atoms with Gasteiger partial charge in [0.1, 0.15) is 0 Å². The first-order valence-corrected chi connectivity index (χ1v) is 21.1.